The van der Waals surface area contributed by atoms with E-state index in [2.05, 4.69) is 4.98 Å². The van der Waals surface area contributed by atoms with Crippen molar-refractivity contribution < 1.29 is 4.79 Å². The fourth-order valence-corrected chi connectivity index (χ4v) is 1.77. The molecule has 2 N–H and O–H groups in total. The zero-order chi connectivity index (χ0) is 12.4. The number of pyridine rings is 1. The largest absolute Gasteiger partial charge is 0.347 e. The van der Waals surface area contributed by atoms with E-state index in [0.29, 0.717) is 13.1 Å². The molecule has 0 atom stereocenters. The minimum Gasteiger partial charge on any atom is -0.347 e. The number of nitrogens with zero attached hydrogens (tertiary/aromatic N) is 3. The Labute approximate surface area is 99.8 Å². The molecule has 0 aliphatic heterocycles. The summed E-state index contributed by atoms with van der Waals surface area (Å²) in [4.78, 5) is 17.6. The number of hydrogen-bond donors (Lipinski definition) is 1. The van der Waals surface area contributed by atoms with E-state index in [0.717, 1.165) is 16.6 Å². The first-order valence-electron chi connectivity index (χ1n) is 5.46. The third-order valence-electron chi connectivity index (χ3n) is 2.74. The molecule has 17 heavy (non-hydrogen) atoms. The standard InChI is InChI=1S/C12H16N4O/c1-15(2)11(17)8-16-7-9(6-13)10-4-3-5-14-12(10)16/h3-5,7H,6,8,13H2,1-2H3. The molecule has 0 spiro atoms. The molecule has 2 heterocycles. The molecule has 2 aromatic heterocycles. The summed E-state index contributed by atoms with van der Waals surface area (Å²) in [7, 11) is 3.48. The van der Waals surface area contributed by atoms with E-state index in [4.69, 9.17) is 5.73 Å². The average molecular weight is 232 g/mol. The minimum absolute atomic E-state index is 0.0381. The van der Waals surface area contributed by atoms with Crippen LogP contribution in [-0.2, 0) is 17.9 Å². The van der Waals surface area contributed by atoms with Crippen molar-refractivity contribution in [2.45, 2.75) is 13.1 Å². The second kappa shape index (κ2) is 4.55. The lowest BCUT2D eigenvalue weighted by atomic mass is 10.2. The molecule has 2 rings (SSSR count). The molecule has 5 heteroatoms. The molecule has 0 bridgehead atoms. The van der Waals surface area contributed by atoms with Crippen LogP contribution in [0.15, 0.2) is 24.5 Å². The van der Waals surface area contributed by atoms with Crippen molar-refractivity contribution in [3.8, 4) is 0 Å². The number of amides is 1. The van der Waals surface area contributed by atoms with Crippen molar-refractivity contribution >= 4 is 16.9 Å². The number of nitrogens with two attached hydrogens (primary N) is 1. The molecule has 0 aliphatic rings. The van der Waals surface area contributed by atoms with Crippen molar-refractivity contribution in [3.05, 3.63) is 30.1 Å². The summed E-state index contributed by atoms with van der Waals surface area (Å²) < 4.78 is 1.85. The maximum Gasteiger partial charge on any atom is 0.242 e. The fraction of sp³-hybridized carbons (Fsp3) is 0.333. The first-order chi connectivity index (χ1) is 8.13. The highest BCUT2D eigenvalue weighted by Gasteiger charge is 2.11. The van der Waals surface area contributed by atoms with Gasteiger partial charge in [0.15, 0.2) is 0 Å². The van der Waals surface area contributed by atoms with E-state index >= 15 is 0 Å². The highest BCUT2D eigenvalue weighted by Crippen LogP contribution is 2.18. The topological polar surface area (TPSA) is 64.2 Å². The van der Waals surface area contributed by atoms with Crippen LogP contribution in [0.4, 0.5) is 0 Å². The van der Waals surface area contributed by atoms with Crippen LogP contribution in [0.1, 0.15) is 5.56 Å². The second-order valence-electron chi connectivity index (χ2n) is 4.15. The van der Waals surface area contributed by atoms with Crippen LogP contribution in [0.5, 0.6) is 0 Å². The zero-order valence-electron chi connectivity index (χ0n) is 10.1. The van der Waals surface area contributed by atoms with Gasteiger partial charge in [0, 0.05) is 38.4 Å². The van der Waals surface area contributed by atoms with Gasteiger partial charge in [0.1, 0.15) is 12.2 Å². The summed E-state index contributed by atoms with van der Waals surface area (Å²) in [6.45, 7) is 0.742. The van der Waals surface area contributed by atoms with Gasteiger partial charge in [-0.2, -0.15) is 0 Å². The summed E-state index contributed by atoms with van der Waals surface area (Å²) in [5, 5.41) is 1.02. The van der Waals surface area contributed by atoms with Gasteiger partial charge in [0.05, 0.1) is 0 Å². The fourth-order valence-electron chi connectivity index (χ4n) is 1.77. The Morgan fingerprint density at radius 1 is 1.53 bits per heavy atom. The summed E-state index contributed by atoms with van der Waals surface area (Å²) in [6, 6.07) is 3.85. The zero-order valence-corrected chi connectivity index (χ0v) is 10.1. The minimum atomic E-state index is 0.0381. The predicted molar refractivity (Wildman–Crippen MR) is 66.3 cm³/mol. The van der Waals surface area contributed by atoms with Crippen LogP contribution < -0.4 is 5.73 Å². The Kier molecular flexibility index (Phi) is 3.10. The quantitative estimate of drug-likeness (QED) is 0.842. The van der Waals surface area contributed by atoms with Crippen molar-refractivity contribution in [2.24, 2.45) is 5.73 Å². The van der Waals surface area contributed by atoms with E-state index in [-0.39, 0.29) is 5.91 Å². The van der Waals surface area contributed by atoms with Crippen LogP contribution in [-0.4, -0.2) is 34.5 Å². The van der Waals surface area contributed by atoms with Gasteiger partial charge in [-0.15, -0.1) is 0 Å². The molecule has 1 amide bonds. The lowest BCUT2D eigenvalue weighted by Crippen LogP contribution is -2.26. The van der Waals surface area contributed by atoms with Gasteiger partial charge in [-0.05, 0) is 17.7 Å². The Hall–Kier alpha value is -1.88. The van der Waals surface area contributed by atoms with Crippen molar-refractivity contribution in [2.75, 3.05) is 14.1 Å². The van der Waals surface area contributed by atoms with Gasteiger partial charge in [0.25, 0.3) is 0 Å². The Morgan fingerprint density at radius 2 is 2.29 bits per heavy atom. The molecule has 5 nitrogen and oxygen atoms in total. The lowest BCUT2D eigenvalue weighted by molar-refractivity contribution is -0.129. The van der Waals surface area contributed by atoms with E-state index in [9.17, 15) is 4.79 Å². The Morgan fingerprint density at radius 3 is 2.94 bits per heavy atom. The Bertz CT molecular complexity index is 544. The van der Waals surface area contributed by atoms with Crippen LogP contribution in [0.3, 0.4) is 0 Å². The third-order valence-corrected chi connectivity index (χ3v) is 2.74. The van der Waals surface area contributed by atoms with Gasteiger partial charge < -0.3 is 15.2 Å². The van der Waals surface area contributed by atoms with Crippen LogP contribution in [0.25, 0.3) is 11.0 Å². The van der Waals surface area contributed by atoms with Crippen molar-refractivity contribution in [1.82, 2.24) is 14.5 Å². The first-order valence-corrected chi connectivity index (χ1v) is 5.46. The van der Waals surface area contributed by atoms with E-state index in [1.54, 1.807) is 25.2 Å². The van der Waals surface area contributed by atoms with Crippen molar-refractivity contribution in [3.63, 3.8) is 0 Å². The third kappa shape index (κ3) is 2.14. The highest BCUT2D eigenvalue weighted by molar-refractivity contribution is 5.83. The summed E-state index contributed by atoms with van der Waals surface area (Å²) >= 11 is 0. The van der Waals surface area contributed by atoms with E-state index in [1.807, 2.05) is 22.9 Å². The maximum atomic E-state index is 11.7. The van der Waals surface area contributed by atoms with Gasteiger partial charge >= 0.3 is 0 Å². The summed E-state index contributed by atoms with van der Waals surface area (Å²) in [5.74, 6) is 0.0381. The average Bonchev–Trinajstić information content (AvgIpc) is 2.68. The van der Waals surface area contributed by atoms with Crippen molar-refractivity contribution in [1.29, 1.82) is 0 Å². The van der Waals surface area contributed by atoms with E-state index < -0.39 is 0 Å². The molecule has 2 aromatic rings. The van der Waals surface area contributed by atoms with Gasteiger partial charge in [-0.25, -0.2) is 4.98 Å². The van der Waals surface area contributed by atoms with Gasteiger partial charge in [-0.3, -0.25) is 4.79 Å². The molecule has 0 unspecified atom stereocenters. The predicted octanol–water partition coefficient (Wildman–Crippen LogP) is 0.583. The monoisotopic (exact) mass is 232 g/mol. The molecule has 0 aromatic carbocycles. The highest BCUT2D eigenvalue weighted by atomic mass is 16.2. The van der Waals surface area contributed by atoms with E-state index in [1.165, 1.54) is 0 Å². The molecule has 0 saturated carbocycles. The van der Waals surface area contributed by atoms with Crippen LogP contribution in [0, 0.1) is 0 Å². The molecular weight excluding hydrogens is 216 g/mol. The molecule has 0 aliphatic carbocycles. The van der Waals surface area contributed by atoms with Crippen LogP contribution in [0.2, 0.25) is 0 Å². The van der Waals surface area contributed by atoms with Gasteiger partial charge in [0.2, 0.25) is 5.91 Å². The van der Waals surface area contributed by atoms with Crippen LogP contribution >= 0.6 is 0 Å². The number of fused-ring (bicyclic) bond motifs is 1. The molecule has 0 fully saturated rings. The smallest absolute Gasteiger partial charge is 0.242 e. The SMILES string of the molecule is CN(C)C(=O)Cn1cc(CN)c2cccnc21. The number of carbonyl (C=O) groups is 1. The number of rotatable bonds is 3. The molecule has 90 valence electrons. The summed E-state index contributed by atoms with van der Waals surface area (Å²) in [5.41, 5.74) is 7.51. The van der Waals surface area contributed by atoms with Gasteiger partial charge in [-0.1, -0.05) is 0 Å². The first kappa shape index (κ1) is 11.6. The number of aromatic nitrogens is 2. The number of hydrogen-bond acceptors (Lipinski definition) is 3. The molecular formula is C12H16N4O. The normalized spacial score (nSPS) is 10.8. The number of carbonyl (C=O) groups excluding carboxylic acids is 1. The molecule has 0 saturated heterocycles. The lowest BCUT2D eigenvalue weighted by Gasteiger charge is -2.10. The number of likely N-dealkylation sites (N-methyl/N-ethyl adjacent to an activating group) is 1. The second-order valence-corrected chi connectivity index (χ2v) is 4.15. The maximum absolute atomic E-state index is 11.7. The Balaban J connectivity index is 2.44. The molecule has 0 radical (unpaired) electrons. The summed E-state index contributed by atoms with van der Waals surface area (Å²) in [6.07, 6.45) is 3.62.